The summed E-state index contributed by atoms with van der Waals surface area (Å²) in [6.07, 6.45) is 5.10. The second kappa shape index (κ2) is 6.78. The molecule has 1 N–H and O–H groups in total. The number of phenolic OH excluding ortho intramolecular Hbond substituents is 1. The maximum absolute atomic E-state index is 9.97. The standard InChI is InChI=1S/C23H14ClN5O2/c24-17-6-2-1-5-15(17)21-27-22-20-19(13-4-3-9-25-11-13)16-8-7-14(30)10-18(16)31-23(20)26-12-29(22)28-21/h1-12,19,30H/t19-/m1/s1. The molecule has 7 nitrogen and oxygen atoms in total. The predicted molar refractivity (Wildman–Crippen MR) is 115 cm³/mol. The molecule has 1 aliphatic rings. The van der Waals surface area contributed by atoms with Gasteiger partial charge in [0.25, 0.3) is 0 Å². The van der Waals surface area contributed by atoms with Crippen LogP contribution < -0.4 is 4.74 Å². The molecule has 1 aliphatic heterocycles. The largest absolute Gasteiger partial charge is 0.508 e. The number of nitrogens with zero attached hydrogens (tertiary/aromatic N) is 5. The van der Waals surface area contributed by atoms with E-state index in [2.05, 4.69) is 15.1 Å². The van der Waals surface area contributed by atoms with E-state index >= 15 is 0 Å². The third kappa shape index (κ3) is 2.82. The van der Waals surface area contributed by atoms with Crippen LogP contribution in [0.2, 0.25) is 5.02 Å². The maximum atomic E-state index is 9.97. The molecule has 0 saturated carbocycles. The van der Waals surface area contributed by atoms with Crippen LogP contribution in [0.3, 0.4) is 0 Å². The van der Waals surface area contributed by atoms with Crippen molar-refractivity contribution in [3.63, 3.8) is 0 Å². The molecule has 0 unspecified atom stereocenters. The zero-order valence-corrected chi connectivity index (χ0v) is 16.7. The van der Waals surface area contributed by atoms with Crippen LogP contribution in [0.5, 0.6) is 17.4 Å². The molecule has 150 valence electrons. The van der Waals surface area contributed by atoms with Crippen LogP contribution in [0.4, 0.5) is 0 Å². The highest BCUT2D eigenvalue weighted by Gasteiger charge is 2.33. The number of fused-ring (bicyclic) bond motifs is 4. The Morgan fingerprint density at radius 2 is 1.97 bits per heavy atom. The van der Waals surface area contributed by atoms with Crippen molar-refractivity contribution in [1.82, 2.24) is 24.6 Å². The molecular weight excluding hydrogens is 414 g/mol. The monoisotopic (exact) mass is 427 g/mol. The molecule has 0 saturated heterocycles. The third-order valence-corrected chi connectivity index (χ3v) is 5.65. The first-order valence-electron chi connectivity index (χ1n) is 9.60. The van der Waals surface area contributed by atoms with Crippen LogP contribution in [0.25, 0.3) is 17.0 Å². The third-order valence-electron chi connectivity index (χ3n) is 5.32. The van der Waals surface area contributed by atoms with Gasteiger partial charge in [0.15, 0.2) is 11.5 Å². The Morgan fingerprint density at radius 1 is 1.06 bits per heavy atom. The summed E-state index contributed by atoms with van der Waals surface area (Å²) in [7, 11) is 0. The highest BCUT2D eigenvalue weighted by Crippen LogP contribution is 2.48. The average Bonchev–Trinajstić information content (AvgIpc) is 3.22. The van der Waals surface area contributed by atoms with Gasteiger partial charge in [-0.15, -0.1) is 5.10 Å². The minimum absolute atomic E-state index is 0.122. The lowest BCUT2D eigenvalue weighted by atomic mass is 9.84. The van der Waals surface area contributed by atoms with E-state index < -0.39 is 0 Å². The Labute approximate surface area is 181 Å². The van der Waals surface area contributed by atoms with E-state index in [4.69, 9.17) is 21.3 Å². The Bertz CT molecular complexity index is 1450. The van der Waals surface area contributed by atoms with E-state index in [0.29, 0.717) is 28.1 Å². The zero-order valence-electron chi connectivity index (χ0n) is 16.0. The van der Waals surface area contributed by atoms with Gasteiger partial charge in [-0.1, -0.05) is 35.9 Å². The number of benzene rings is 2. The van der Waals surface area contributed by atoms with Crippen LogP contribution in [0.15, 0.2) is 73.3 Å². The molecule has 3 aromatic heterocycles. The van der Waals surface area contributed by atoms with E-state index in [9.17, 15) is 5.11 Å². The van der Waals surface area contributed by atoms with Gasteiger partial charge in [0, 0.05) is 35.5 Å². The number of phenols is 1. The molecular formula is C23H14ClN5O2. The van der Waals surface area contributed by atoms with Crippen molar-refractivity contribution in [3.05, 3.63) is 95.0 Å². The Kier molecular flexibility index (Phi) is 3.91. The number of rotatable bonds is 2. The zero-order chi connectivity index (χ0) is 20.9. The fourth-order valence-corrected chi connectivity index (χ4v) is 4.17. The van der Waals surface area contributed by atoms with Crippen molar-refractivity contribution in [1.29, 1.82) is 0 Å². The van der Waals surface area contributed by atoms with Gasteiger partial charge in [-0.05, 0) is 29.8 Å². The highest BCUT2D eigenvalue weighted by atomic mass is 35.5. The molecule has 0 amide bonds. The number of hydrogen-bond donors (Lipinski definition) is 1. The van der Waals surface area contributed by atoms with Gasteiger partial charge in [-0.2, -0.15) is 0 Å². The lowest BCUT2D eigenvalue weighted by Gasteiger charge is -2.27. The van der Waals surface area contributed by atoms with E-state index in [-0.39, 0.29) is 11.7 Å². The Balaban J connectivity index is 1.63. The first-order chi connectivity index (χ1) is 15.2. The molecule has 0 bridgehead atoms. The molecule has 2 aromatic carbocycles. The lowest BCUT2D eigenvalue weighted by Crippen LogP contribution is -2.15. The number of halogens is 1. The SMILES string of the molecule is Oc1ccc2c(c1)Oc1ncn3nc(-c4ccccc4Cl)nc3c1[C@@H]2c1cccnc1. The van der Waals surface area contributed by atoms with Crippen molar-refractivity contribution in [3.8, 4) is 28.8 Å². The summed E-state index contributed by atoms with van der Waals surface area (Å²) < 4.78 is 7.69. The molecule has 0 spiro atoms. The fourth-order valence-electron chi connectivity index (χ4n) is 3.95. The predicted octanol–water partition coefficient (Wildman–Crippen LogP) is 4.83. The second-order valence-corrected chi connectivity index (χ2v) is 7.60. The fraction of sp³-hybridized carbons (Fsp3) is 0.0435. The normalized spacial score (nSPS) is 14.7. The summed E-state index contributed by atoms with van der Waals surface area (Å²) in [6, 6.07) is 16.4. The minimum Gasteiger partial charge on any atom is -0.508 e. The van der Waals surface area contributed by atoms with Gasteiger partial charge in [-0.3, -0.25) is 4.98 Å². The first-order valence-corrected chi connectivity index (χ1v) is 9.98. The topological polar surface area (TPSA) is 85.4 Å². The van der Waals surface area contributed by atoms with Crippen LogP contribution >= 0.6 is 11.6 Å². The van der Waals surface area contributed by atoms with Gasteiger partial charge in [0.1, 0.15) is 17.8 Å². The van der Waals surface area contributed by atoms with Gasteiger partial charge < -0.3 is 9.84 Å². The molecule has 8 heteroatoms. The summed E-state index contributed by atoms with van der Waals surface area (Å²) in [4.78, 5) is 13.6. The average molecular weight is 428 g/mol. The van der Waals surface area contributed by atoms with Gasteiger partial charge >= 0.3 is 0 Å². The maximum Gasteiger partial charge on any atom is 0.228 e. The van der Waals surface area contributed by atoms with Crippen molar-refractivity contribution in [2.45, 2.75) is 5.92 Å². The molecule has 0 radical (unpaired) electrons. The summed E-state index contributed by atoms with van der Waals surface area (Å²) in [5, 5.41) is 15.1. The Morgan fingerprint density at radius 3 is 2.81 bits per heavy atom. The van der Waals surface area contributed by atoms with Crippen LogP contribution in [0.1, 0.15) is 22.6 Å². The highest BCUT2D eigenvalue weighted by molar-refractivity contribution is 6.33. The van der Waals surface area contributed by atoms with Gasteiger partial charge in [0.05, 0.1) is 10.6 Å². The van der Waals surface area contributed by atoms with E-state index in [0.717, 1.165) is 22.3 Å². The molecule has 0 aliphatic carbocycles. The van der Waals surface area contributed by atoms with Gasteiger partial charge in [0.2, 0.25) is 5.88 Å². The number of pyridine rings is 1. The van der Waals surface area contributed by atoms with Crippen LogP contribution in [0, 0.1) is 0 Å². The number of aromatic nitrogens is 5. The van der Waals surface area contributed by atoms with Crippen LogP contribution in [-0.4, -0.2) is 29.7 Å². The molecule has 6 rings (SSSR count). The van der Waals surface area contributed by atoms with E-state index in [1.807, 2.05) is 42.6 Å². The summed E-state index contributed by atoms with van der Waals surface area (Å²) >= 11 is 6.37. The van der Waals surface area contributed by atoms with E-state index in [1.165, 1.54) is 0 Å². The van der Waals surface area contributed by atoms with E-state index in [1.54, 1.807) is 35.2 Å². The molecule has 5 aromatic rings. The van der Waals surface area contributed by atoms with Crippen molar-refractivity contribution >= 4 is 17.2 Å². The number of ether oxygens (including phenoxy) is 1. The number of aromatic hydroxyl groups is 1. The smallest absolute Gasteiger partial charge is 0.228 e. The molecule has 0 fully saturated rings. The lowest BCUT2D eigenvalue weighted by molar-refractivity contribution is 0.422. The van der Waals surface area contributed by atoms with Crippen molar-refractivity contribution in [2.24, 2.45) is 0 Å². The first kappa shape index (κ1) is 17.9. The van der Waals surface area contributed by atoms with Crippen molar-refractivity contribution in [2.75, 3.05) is 0 Å². The summed E-state index contributed by atoms with van der Waals surface area (Å²) in [5.74, 6) is 1.34. The molecule has 31 heavy (non-hydrogen) atoms. The summed E-state index contributed by atoms with van der Waals surface area (Å²) in [6.45, 7) is 0. The quantitative estimate of drug-likeness (QED) is 0.426. The van der Waals surface area contributed by atoms with Gasteiger partial charge in [-0.25, -0.2) is 14.5 Å². The van der Waals surface area contributed by atoms with Crippen LogP contribution in [-0.2, 0) is 0 Å². The Hall–Kier alpha value is -3.97. The summed E-state index contributed by atoms with van der Waals surface area (Å²) in [5.41, 5.74) is 3.97. The molecule has 1 atom stereocenters. The second-order valence-electron chi connectivity index (χ2n) is 7.19. The number of hydrogen-bond acceptors (Lipinski definition) is 6. The minimum atomic E-state index is -0.243. The van der Waals surface area contributed by atoms with Crippen molar-refractivity contribution < 1.29 is 9.84 Å². The molecule has 4 heterocycles.